The van der Waals surface area contributed by atoms with Crippen molar-refractivity contribution in [3.05, 3.63) is 34.9 Å². The first-order chi connectivity index (χ1) is 7.81. The number of ether oxygens (including phenoxy) is 1. The molecule has 0 aromatic heterocycles. The van der Waals surface area contributed by atoms with Gasteiger partial charge in [-0.2, -0.15) is 0 Å². The summed E-state index contributed by atoms with van der Waals surface area (Å²) in [6, 6.07) is 5.75. The van der Waals surface area contributed by atoms with Crippen LogP contribution in [0.15, 0.2) is 18.2 Å². The number of hydrogen-bond donors (Lipinski definition) is 1. The summed E-state index contributed by atoms with van der Waals surface area (Å²) in [4.78, 5) is 11.6. The molecule has 0 atom stereocenters. The Labute approximate surface area is 95.0 Å². The third kappa shape index (κ3) is 2.42. The molecule has 0 unspecified atom stereocenters. The third-order valence-corrected chi connectivity index (χ3v) is 2.91. The third-order valence-electron chi connectivity index (χ3n) is 2.91. The molecule has 86 valence electrons. The number of esters is 1. The van der Waals surface area contributed by atoms with E-state index in [0.29, 0.717) is 5.56 Å². The molecule has 1 aromatic carbocycles. The summed E-state index contributed by atoms with van der Waals surface area (Å²) >= 11 is 0. The lowest BCUT2D eigenvalue weighted by molar-refractivity contribution is 0.0433. The lowest BCUT2D eigenvalue weighted by Crippen LogP contribution is -2.10. The van der Waals surface area contributed by atoms with Gasteiger partial charge in [-0.05, 0) is 48.9 Å². The molecular formula is C13H16O3. The lowest BCUT2D eigenvalue weighted by Gasteiger charge is -2.16. The molecule has 3 nitrogen and oxygen atoms in total. The highest BCUT2D eigenvalue weighted by Crippen LogP contribution is 2.22. The summed E-state index contributed by atoms with van der Waals surface area (Å²) in [6.45, 7) is -0.0629. The predicted octanol–water partition coefficient (Wildman–Crippen LogP) is 1.71. The van der Waals surface area contributed by atoms with Crippen molar-refractivity contribution in [3.8, 4) is 0 Å². The van der Waals surface area contributed by atoms with Gasteiger partial charge in [-0.25, -0.2) is 4.79 Å². The smallest absolute Gasteiger partial charge is 0.338 e. The number of benzene rings is 1. The number of fused-ring (bicyclic) bond motifs is 1. The summed E-state index contributed by atoms with van der Waals surface area (Å²) in [7, 11) is 0. The van der Waals surface area contributed by atoms with Crippen LogP contribution in [0.5, 0.6) is 0 Å². The van der Waals surface area contributed by atoms with Crippen molar-refractivity contribution in [2.24, 2.45) is 0 Å². The number of aryl methyl sites for hydroxylation is 2. The van der Waals surface area contributed by atoms with Gasteiger partial charge in [0.15, 0.2) is 0 Å². The Morgan fingerprint density at radius 3 is 2.75 bits per heavy atom. The molecule has 0 amide bonds. The van der Waals surface area contributed by atoms with Crippen LogP contribution in [0.1, 0.15) is 34.3 Å². The Morgan fingerprint density at radius 1 is 1.25 bits per heavy atom. The summed E-state index contributed by atoms with van der Waals surface area (Å²) in [6.07, 6.45) is 4.60. The van der Waals surface area contributed by atoms with E-state index in [9.17, 15) is 4.79 Å². The van der Waals surface area contributed by atoms with Crippen LogP contribution in [-0.4, -0.2) is 24.3 Å². The SMILES string of the molecule is O=C(OCCO)c1ccc2c(c1)CCCC2. The van der Waals surface area contributed by atoms with Gasteiger partial charge in [0.05, 0.1) is 12.2 Å². The second-order valence-corrected chi connectivity index (χ2v) is 4.05. The minimum absolute atomic E-state index is 0.0654. The van der Waals surface area contributed by atoms with Crippen LogP contribution in [0, 0.1) is 0 Å². The van der Waals surface area contributed by atoms with Crippen molar-refractivity contribution in [3.63, 3.8) is 0 Å². The molecule has 0 spiro atoms. The molecule has 0 aliphatic heterocycles. The normalized spacial score (nSPS) is 14.3. The van der Waals surface area contributed by atoms with Crippen molar-refractivity contribution in [1.29, 1.82) is 0 Å². The van der Waals surface area contributed by atoms with Crippen LogP contribution in [0.3, 0.4) is 0 Å². The van der Waals surface area contributed by atoms with Gasteiger partial charge in [-0.3, -0.25) is 0 Å². The van der Waals surface area contributed by atoms with E-state index in [1.165, 1.54) is 24.0 Å². The molecule has 0 saturated carbocycles. The van der Waals surface area contributed by atoms with Gasteiger partial charge in [0.25, 0.3) is 0 Å². The van der Waals surface area contributed by atoms with E-state index in [2.05, 4.69) is 0 Å². The molecule has 0 saturated heterocycles. The predicted molar refractivity (Wildman–Crippen MR) is 60.5 cm³/mol. The molecular weight excluding hydrogens is 204 g/mol. The zero-order valence-corrected chi connectivity index (χ0v) is 9.24. The largest absolute Gasteiger partial charge is 0.460 e. The summed E-state index contributed by atoms with van der Waals surface area (Å²) in [5, 5.41) is 8.58. The summed E-state index contributed by atoms with van der Waals surface area (Å²) < 4.78 is 4.88. The monoisotopic (exact) mass is 220 g/mol. The van der Waals surface area contributed by atoms with E-state index in [1.807, 2.05) is 18.2 Å². The van der Waals surface area contributed by atoms with Crippen LogP contribution in [0.25, 0.3) is 0 Å². The first-order valence-corrected chi connectivity index (χ1v) is 5.71. The second-order valence-electron chi connectivity index (χ2n) is 4.05. The minimum Gasteiger partial charge on any atom is -0.460 e. The maximum Gasteiger partial charge on any atom is 0.338 e. The number of hydrogen-bond acceptors (Lipinski definition) is 3. The molecule has 1 aliphatic carbocycles. The minimum atomic E-state index is -0.345. The molecule has 2 rings (SSSR count). The second kappa shape index (κ2) is 5.12. The van der Waals surface area contributed by atoms with Gasteiger partial charge in [-0.1, -0.05) is 6.07 Å². The van der Waals surface area contributed by atoms with E-state index < -0.39 is 0 Å². The molecule has 3 heteroatoms. The topological polar surface area (TPSA) is 46.5 Å². The van der Waals surface area contributed by atoms with Crippen molar-refractivity contribution in [2.75, 3.05) is 13.2 Å². The molecule has 1 aliphatic rings. The summed E-state index contributed by atoms with van der Waals surface area (Å²) in [5.41, 5.74) is 3.21. The van der Waals surface area contributed by atoms with E-state index in [-0.39, 0.29) is 19.2 Å². The summed E-state index contributed by atoms with van der Waals surface area (Å²) in [5.74, 6) is -0.345. The highest BCUT2D eigenvalue weighted by molar-refractivity contribution is 5.89. The van der Waals surface area contributed by atoms with E-state index in [1.54, 1.807) is 0 Å². The first kappa shape index (κ1) is 11.1. The Bertz CT molecular complexity index is 385. The number of aliphatic hydroxyl groups is 1. The molecule has 0 fully saturated rings. The van der Waals surface area contributed by atoms with Crippen LogP contribution in [-0.2, 0) is 17.6 Å². The fourth-order valence-corrected chi connectivity index (χ4v) is 2.08. The van der Waals surface area contributed by atoms with Crippen LogP contribution in [0.2, 0.25) is 0 Å². The van der Waals surface area contributed by atoms with E-state index in [0.717, 1.165) is 12.8 Å². The first-order valence-electron chi connectivity index (χ1n) is 5.71. The molecule has 1 aromatic rings. The van der Waals surface area contributed by atoms with Gasteiger partial charge in [-0.15, -0.1) is 0 Å². The molecule has 16 heavy (non-hydrogen) atoms. The Kier molecular flexibility index (Phi) is 3.57. The van der Waals surface area contributed by atoms with Crippen molar-refractivity contribution >= 4 is 5.97 Å². The lowest BCUT2D eigenvalue weighted by atomic mass is 9.90. The van der Waals surface area contributed by atoms with E-state index in [4.69, 9.17) is 9.84 Å². The average Bonchev–Trinajstić information content (AvgIpc) is 2.35. The van der Waals surface area contributed by atoms with Crippen molar-refractivity contribution in [2.45, 2.75) is 25.7 Å². The van der Waals surface area contributed by atoms with Crippen molar-refractivity contribution in [1.82, 2.24) is 0 Å². The fourth-order valence-electron chi connectivity index (χ4n) is 2.08. The number of carbonyl (C=O) groups is 1. The van der Waals surface area contributed by atoms with Crippen molar-refractivity contribution < 1.29 is 14.6 Å². The van der Waals surface area contributed by atoms with Gasteiger partial charge in [0, 0.05) is 0 Å². The highest BCUT2D eigenvalue weighted by Gasteiger charge is 2.13. The van der Waals surface area contributed by atoms with Gasteiger partial charge in [0.2, 0.25) is 0 Å². The fraction of sp³-hybridized carbons (Fsp3) is 0.462. The number of aliphatic hydroxyl groups excluding tert-OH is 1. The van der Waals surface area contributed by atoms with Crippen LogP contribution < -0.4 is 0 Å². The molecule has 0 bridgehead atoms. The average molecular weight is 220 g/mol. The zero-order chi connectivity index (χ0) is 11.4. The number of rotatable bonds is 3. The Hall–Kier alpha value is -1.35. The standard InChI is InChI=1S/C13H16O3/c14-7-8-16-13(15)12-6-5-10-3-1-2-4-11(10)9-12/h5-6,9,14H,1-4,7-8H2. The van der Waals surface area contributed by atoms with Gasteiger partial charge >= 0.3 is 5.97 Å². The maximum absolute atomic E-state index is 11.6. The van der Waals surface area contributed by atoms with Gasteiger partial charge < -0.3 is 9.84 Å². The Morgan fingerprint density at radius 2 is 2.00 bits per heavy atom. The molecule has 1 N–H and O–H groups in total. The van der Waals surface area contributed by atoms with Crippen LogP contribution in [0.4, 0.5) is 0 Å². The highest BCUT2D eigenvalue weighted by atomic mass is 16.5. The quantitative estimate of drug-likeness (QED) is 0.789. The maximum atomic E-state index is 11.6. The molecule has 0 radical (unpaired) electrons. The van der Waals surface area contributed by atoms with E-state index >= 15 is 0 Å². The Balaban J connectivity index is 2.13. The zero-order valence-electron chi connectivity index (χ0n) is 9.24. The van der Waals surface area contributed by atoms with Gasteiger partial charge in [0.1, 0.15) is 6.61 Å². The number of carbonyl (C=O) groups excluding carboxylic acids is 1. The van der Waals surface area contributed by atoms with Crippen LogP contribution >= 0.6 is 0 Å². The molecule has 0 heterocycles.